The van der Waals surface area contributed by atoms with Gasteiger partial charge >= 0.3 is 0 Å². The summed E-state index contributed by atoms with van der Waals surface area (Å²) in [5.74, 6) is 1.48. The van der Waals surface area contributed by atoms with E-state index in [0.717, 1.165) is 43.1 Å². The van der Waals surface area contributed by atoms with Gasteiger partial charge in [-0.1, -0.05) is 35.4 Å². The maximum atomic E-state index is 4.73. The summed E-state index contributed by atoms with van der Waals surface area (Å²) >= 11 is 1.82. The minimum absolute atomic E-state index is 0.558. The van der Waals surface area contributed by atoms with E-state index in [0.29, 0.717) is 5.78 Å². The fraction of sp³-hybridized carbons (Fsp3) is 0.368. The number of anilines is 1. The second kappa shape index (κ2) is 6.86. The summed E-state index contributed by atoms with van der Waals surface area (Å²) in [6.07, 6.45) is 2.04. The Morgan fingerprint density at radius 1 is 1.26 bits per heavy atom. The van der Waals surface area contributed by atoms with Crippen LogP contribution < -0.4 is 10.2 Å². The lowest BCUT2D eigenvalue weighted by molar-refractivity contribution is -0.913. The van der Waals surface area contributed by atoms with E-state index in [-0.39, 0.29) is 0 Å². The van der Waals surface area contributed by atoms with Gasteiger partial charge in [-0.3, -0.25) is 0 Å². The van der Waals surface area contributed by atoms with E-state index in [1.807, 2.05) is 17.4 Å². The summed E-state index contributed by atoms with van der Waals surface area (Å²) in [5.41, 5.74) is 2.75. The first-order valence-corrected chi connectivity index (χ1v) is 10.3. The maximum absolute atomic E-state index is 4.73. The molecule has 7 nitrogen and oxygen atoms in total. The summed E-state index contributed by atoms with van der Waals surface area (Å²) in [5, 5.41) is 16.9. The van der Waals surface area contributed by atoms with Crippen molar-refractivity contribution in [2.24, 2.45) is 0 Å². The highest BCUT2D eigenvalue weighted by Gasteiger charge is 2.27. The standard InChI is InChI=1S/C19H21N7S/c1-2-25-11-9-14-15(12-25)27-18-16(14)17(21-19-22-23-24-26(18)19)20-10-8-13-6-4-3-5-7-13/h3-7H,2,8-12H2,1H3,(H,20,21,22,24)/p+1. The molecule has 1 unspecified atom stereocenters. The zero-order valence-electron chi connectivity index (χ0n) is 15.3. The number of fused-ring (bicyclic) bond motifs is 5. The van der Waals surface area contributed by atoms with Crippen LogP contribution in [0.3, 0.4) is 0 Å². The predicted molar refractivity (Wildman–Crippen MR) is 106 cm³/mol. The van der Waals surface area contributed by atoms with Crippen LogP contribution in [0.15, 0.2) is 30.3 Å². The van der Waals surface area contributed by atoms with Gasteiger partial charge in [0.05, 0.1) is 23.4 Å². The number of hydrogen-bond acceptors (Lipinski definition) is 6. The normalized spacial score (nSPS) is 16.7. The van der Waals surface area contributed by atoms with Gasteiger partial charge in [0.1, 0.15) is 17.2 Å². The molecule has 2 N–H and O–H groups in total. The molecule has 0 aliphatic carbocycles. The lowest BCUT2D eigenvalue weighted by Gasteiger charge is -2.22. The van der Waals surface area contributed by atoms with Crippen molar-refractivity contribution in [1.82, 2.24) is 25.0 Å². The van der Waals surface area contributed by atoms with E-state index in [1.54, 1.807) is 9.42 Å². The van der Waals surface area contributed by atoms with E-state index in [4.69, 9.17) is 4.98 Å². The average Bonchev–Trinajstić information content (AvgIpc) is 3.32. The molecule has 3 aromatic heterocycles. The molecule has 0 bridgehead atoms. The SMILES string of the molecule is CC[NH+]1CCc2c(sc3c2c(NCCc2ccccc2)nc2nnnn23)C1. The highest BCUT2D eigenvalue weighted by atomic mass is 32.1. The highest BCUT2D eigenvalue weighted by molar-refractivity contribution is 7.19. The molecular formula is C19H22N7S+. The molecule has 1 aromatic carbocycles. The first kappa shape index (κ1) is 16.6. The molecule has 0 saturated carbocycles. The predicted octanol–water partition coefficient (Wildman–Crippen LogP) is 1.35. The molecule has 4 aromatic rings. The lowest BCUT2D eigenvalue weighted by atomic mass is 10.0. The van der Waals surface area contributed by atoms with Crippen LogP contribution in [-0.4, -0.2) is 44.7 Å². The second-order valence-electron chi connectivity index (χ2n) is 6.98. The number of aromatic nitrogens is 5. The number of benzene rings is 1. The van der Waals surface area contributed by atoms with Crippen molar-refractivity contribution in [3.05, 3.63) is 46.3 Å². The maximum Gasteiger partial charge on any atom is 0.276 e. The smallest absolute Gasteiger partial charge is 0.276 e. The fourth-order valence-corrected chi connectivity index (χ4v) is 5.22. The van der Waals surface area contributed by atoms with Crippen molar-refractivity contribution in [2.75, 3.05) is 25.0 Å². The Morgan fingerprint density at radius 3 is 3.00 bits per heavy atom. The Balaban J connectivity index is 1.53. The van der Waals surface area contributed by atoms with E-state index in [2.05, 4.69) is 52.0 Å². The van der Waals surface area contributed by atoms with Crippen LogP contribution in [0, 0.1) is 0 Å². The van der Waals surface area contributed by atoms with E-state index < -0.39 is 0 Å². The number of thiophene rings is 1. The highest BCUT2D eigenvalue weighted by Crippen LogP contribution is 2.36. The van der Waals surface area contributed by atoms with Crippen molar-refractivity contribution in [3.8, 4) is 0 Å². The molecular weight excluding hydrogens is 358 g/mol. The van der Waals surface area contributed by atoms with Crippen molar-refractivity contribution >= 4 is 33.1 Å². The van der Waals surface area contributed by atoms with Crippen molar-refractivity contribution in [2.45, 2.75) is 26.3 Å². The molecule has 0 amide bonds. The molecule has 1 aliphatic rings. The summed E-state index contributed by atoms with van der Waals surface area (Å²) < 4.78 is 1.78. The number of likely N-dealkylation sites (N-methyl/N-ethyl adjacent to an activating group) is 1. The third kappa shape index (κ3) is 2.94. The van der Waals surface area contributed by atoms with Crippen LogP contribution in [0.5, 0.6) is 0 Å². The van der Waals surface area contributed by atoms with Crippen molar-refractivity contribution < 1.29 is 4.90 Å². The minimum Gasteiger partial charge on any atom is -0.369 e. The number of nitrogens with zero attached hydrogens (tertiary/aromatic N) is 5. The van der Waals surface area contributed by atoms with Gasteiger partial charge in [-0.05, 0) is 34.9 Å². The molecule has 138 valence electrons. The van der Waals surface area contributed by atoms with E-state index >= 15 is 0 Å². The van der Waals surface area contributed by atoms with Crippen LogP contribution in [-0.2, 0) is 19.4 Å². The Kier molecular flexibility index (Phi) is 4.21. The zero-order chi connectivity index (χ0) is 18.2. The quantitative estimate of drug-likeness (QED) is 0.547. The second-order valence-corrected chi connectivity index (χ2v) is 8.06. The number of hydrogen-bond donors (Lipinski definition) is 2. The topological polar surface area (TPSA) is 72.4 Å². The molecule has 5 rings (SSSR count). The Hall–Kier alpha value is -2.58. The Bertz CT molecular complexity index is 1090. The van der Waals surface area contributed by atoms with Crippen LogP contribution in [0.1, 0.15) is 22.9 Å². The van der Waals surface area contributed by atoms with Crippen LogP contribution in [0.25, 0.3) is 16.0 Å². The zero-order valence-corrected chi connectivity index (χ0v) is 16.1. The van der Waals surface area contributed by atoms with Gasteiger partial charge in [0, 0.05) is 13.0 Å². The third-order valence-electron chi connectivity index (χ3n) is 5.35. The fourth-order valence-electron chi connectivity index (χ4n) is 3.85. The molecule has 1 aliphatic heterocycles. The summed E-state index contributed by atoms with van der Waals surface area (Å²) in [6.45, 7) is 6.51. The first-order valence-electron chi connectivity index (χ1n) is 9.47. The van der Waals surface area contributed by atoms with Crippen molar-refractivity contribution in [3.63, 3.8) is 0 Å². The summed E-state index contributed by atoms with van der Waals surface area (Å²) in [4.78, 5) is 8.92. The lowest BCUT2D eigenvalue weighted by Crippen LogP contribution is -3.11. The largest absolute Gasteiger partial charge is 0.369 e. The molecule has 4 heterocycles. The molecule has 8 heteroatoms. The van der Waals surface area contributed by atoms with Gasteiger partial charge in [-0.25, -0.2) is 0 Å². The number of nitrogens with one attached hydrogen (secondary N) is 2. The van der Waals surface area contributed by atoms with Crippen LogP contribution >= 0.6 is 11.3 Å². The monoisotopic (exact) mass is 380 g/mol. The van der Waals surface area contributed by atoms with E-state index in [1.165, 1.54) is 27.9 Å². The van der Waals surface area contributed by atoms with Gasteiger partial charge < -0.3 is 10.2 Å². The number of tetrazole rings is 1. The third-order valence-corrected chi connectivity index (χ3v) is 6.56. The summed E-state index contributed by atoms with van der Waals surface area (Å²) in [7, 11) is 0. The molecule has 27 heavy (non-hydrogen) atoms. The molecule has 0 radical (unpaired) electrons. The van der Waals surface area contributed by atoms with Crippen LogP contribution in [0.2, 0.25) is 0 Å². The van der Waals surface area contributed by atoms with Gasteiger partial charge in [0.2, 0.25) is 0 Å². The molecule has 0 fully saturated rings. The number of rotatable bonds is 5. The Morgan fingerprint density at radius 2 is 2.15 bits per heavy atom. The first-order chi connectivity index (χ1) is 13.3. The average molecular weight is 381 g/mol. The van der Waals surface area contributed by atoms with Gasteiger partial charge in [0.25, 0.3) is 5.78 Å². The van der Waals surface area contributed by atoms with Crippen LogP contribution in [0.4, 0.5) is 5.82 Å². The number of quaternary nitrogens is 1. The molecule has 0 spiro atoms. The van der Waals surface area contributed by atoms with Gasteiger partial charge in [-0.15, -0.1) is 11.3 Å². The minimum atomic E-state index is 0.558. The van der Waals surface area contributed by atoms with E-state index in [9.17, 15) is 0 Å². The Labute approximate surface area is 161 Å². The van der Waals surface area contributed by atoms with Gasteiger partial charge in [0.15, 0.2) is 0 Å². The summed E-state index contributed by atoms with van der Waals surface area (Å²) in [6, 6.07) is 10.5. The van der Waals surface area contributed by atoms with Crippen molar-refractivity contribution in [1.29, 1.82) is 0 Å². The van der Waals surface area contributed by atoms with Gasteiger partial charge in [-0.2, -0.15) is 9.50 Å². The molecule has 1 atom stereocenters. The molecule has 0 saturated heterocycles.